The largest absolute Gasteiger partial charge is 0.269 e. The zero-order valence-corrected chi connectivity index (χ0v) is 9.91. The quantitative estimate of drug-likeness (QED) is 0.414. The third kappa shape index (κ3) is 2.13. The Morgan fingerprint density at radius 1 is 0.857 bits per heavy atom. The van der Waals surface area contributed by atoms with Gasteiger partial charge in [-0.1, -0.05) is 20.0 Å². The molecular weight excluding hydrogens is 300 g/mol. The minimum atomic E-state index is -1.71. The maximum atomic E-state index is 10.9. The molecule has 2 aliphatic rings. The molecule has 0 aromatic rings. The summed E-state index contributed by atoms with van der Waals surface area (Å²) in [5.41, 5.74) is -0.545. The van der Waals surface area contributed by atoms with Gasteiger partial charge in [0.05, 0.1) is 0 Å². The van der Waals surface area contributed by atoms with E-state index in [2.05, 4.69) is 0 Å². The molecule has 2 rings (SSSR count). The van der Waals surface area contributed by atoms with Gasteiger partial charge in [0.25, 0.3) is 6.17 Å². The molecule has 0 aromatic heterocycles. The van der Waals surface area contributed by atoms with Crippen LogP contribution in [0.2, 0.25) is 0 Å². The lowest BCUT2D eigenvalue weighted by atomic mass is 10.3. The average Bonchev–Trinajstić information content (AvgIpc) is 2.76. The number of hydrogen-bond donors (Lipinski definition) is 0. The number of nitrogens with zero attached hydrogens (tertiary/aromatic N) is 8. The lowest BCUT2D eigenvalue weighted by Gasteiger charge is -2.27. The molecule has 1 fully saturated rings. The Labute approximate surface area is 113 Å². The number of hydrazine groups is 4. The van der Waals surface area contributed by atoms with E-state index in [9.17, 15) is 40.5 Å². The van der Waals surface area contributed by atoms with Gasteiger partial charge in [-0.3, -0.25) is 0 Å². The number of hydrogen-bond acceptors (Lipinski definition) is 8. The molecule has 2 aliphatic heterocycles. The third-order valence-electron chi connectivity index (χ3n) is 2.80. The van der Waals surface area contributed by atoms with E-state index in [1.807, 2.05) is 0 Å². The fourth-order valence-corrected chi connectivity index (χ4v) is 1.97. The Balaban J connectivity index is 2.51. The Morgan fingerprint density at radius 2 is 1.38 bits per heavy atom. The summed E-state index contributed by atoms with van der Waals surface area (Å²) < 4.78 is 0. The van der Waals surface area contributed by atoms with Gasteiger partial charge in [-0.25, -0.2) is 40.5 Å². The van der Waals surface area contributed by atoms with Crippen LogP contribution in [-0.4, -0.2) is 59.7 Å². The van der Waals surface area contributed by atoms with Crippen molar-refractivity contribution < 1.29 is 20.1 Å². The van der Waals surface area contributed by atoms with Crippen molar-refractivity contribution in [2.24, 2.45) is 0 Å². The molecule has 0 spiro atoms. The second kappa shape index (κ2) is 4.58. The van der Waals surface area contributed by atoms with Crippen LogP contribution in [0.4, 0.5) is 0 Å². The maximum Gasteiger partial charge on any atom is 0.269 e. The molecule has 0 amide bonds. The lowest BCUT2D eigenvalue weighted by molar-refractivity contribution is -0.743. The molecule has 1 unspecified atom stereocenters. The number of fused-ring (bicyclic) bond motifs is 1. The second-order valence-corrected chi connectivity index (χ2v) is 3.88. The molecule has 0 radical (unpaired) electrons. The van der Waals surface area contributed by atoms with Crippen LogP contribution in [0.25, 0.3) is 0 Å². The zero-order valence-electron chi connectivity index (χ0n) is 9.91. The van der Waals surface area contributed by atoms with E-state index in [0.717, 1.165) is 0 Å². The highest BCUT2D eigenvalue weighted by molar-refractivity contribution is 5.11. The normalized spacial score (nSPS) is 21.0. The van der Waals surface area contributed by atoms with Crippen molar-refractivity contribution in [1.29, 1.82) is 0 Å². The standard InChI is InChI=1S/C5H6N8O8/c14-10(15)6-1-4-5(8(2-6)12(18)19)9(13(20)21)3-7(4)11(16)17/h1,5H,2-3H2. The van der Waals surface area contributed by atoms with Crippen molar-refractivity contribution in [1.82, 2.24) is 20.0 Å². The van der Waals surface area contributed by atoms with Crippen molar-refractivity contribution in [2.75, 3.05) is 13.3 Å². The zero-order chi connectivity index (χ0) is 15.9. The Kier molecular flexibility index (Phi) is 3.04. The van der Waals surface area contributed by atoms with E-state index in [0.29, 0.717) is 6.20 Å². The van der Waals surface area contributed by atoms with Crippen molar-refractivity contribution in [3.63, 3.8) is 0 Å². The van der Waals surface area contributed by atoms with Gasteiger partial charge in [0.2, 0.25) is 13.3 Å². The average molecular weight is 306 g/mol. The molecule has 16 heteroatoms. The molecule has 1 atom stereocenters. The van der Waals surface area contributed by atoms with Gasteiger partial charge < -0.3 is 0 Å². The van der Waals surface area contributed by atoms with E-state index >= 15 is 0 Å². The van der Waals surface area contributed by atoms with Crippen molar-refractivity contribution >= 4 is 0 Å². The highest BCUT2D eigenvalue weighted by Gasteiger charge is 2.58. The van der Waals surface area contributed by atoms with Crippen LogP contribution in [0.5, 0.6) is 0 Å². The Hall–Kier alpha value is -3.46. The SMILES string of the molecule is O=[N+]([O-])N1C=C2C(N([N+](=O)[O-])C1)N([N+](=O)[O-])CN2[N+](=O)[O-]. The van der Waals surface area contributed by atoms with E-state index in [-0.39, 0.29) is 20.0 Å². The van der Waals surface area contributed by atoms with E-state index in [1.54, 1.807) is 0 Å². The fraction of sp³-hybridized carbons (Fsp3) is 0.600. The maximum absolute atomic E-state index is 10.9. The third-order valence-corrected chi connectivity index (χ3v) is 2.80. The van der Waals surface area contributed by atoms with Gasteiger partial charge in [0, 0.05) is 0 Å². The van der Waals surface area contributed by atoms with Crippen molar-refractivity contribution in [3.05, 3.63) is 52.4 Å². The number of rotatable bonds is 4. The number of nitro groups is 4. The Bertz CT molecular complexity index is 561. The predicted molar refractivity (Wildman–Crippen MR) is 56.9 cm³/mol. The van der Waals surface area contributed by atoms with Crippen molar-refractivity contribution in [2.45, 2.75) is 6.17 Å². The van der Waals surface area contributed by atoms with Gasteiger partial charge in [0.1, 0.15) is 6.20 Å². The van der Waals surface area contributed by atoms with Crippen LogP contribution < -0.4 is 0 Å². The first-order chi connectivity index (χ1) is 9.73. The Morgan fingerprint density at radius 3 is 1.81 bits per heavy atom. The van der Waals surface area contributed by atoms with Gasteiger partial charge in [-0.2, -0.15) is 0 Å². The summed E-state index contributed by atoms with van der Waals surface area (Å²) in [6, 6.07) is 0. The van der Waals surface area contributed by atoms with Crippen LogP contribution in [0.15, 0.2) is 11.9 Å². The van der Waals surface area contributed by atoms with Crippen LogP contribution in [0, 0.1) is 40.5 Å². The molecule has 0 aliphatic carbocycles. The minimum absolute atomic E-state index is 0.171. The predicted octanol–water partition coefficient (Wildman–Crippen LogP) is -1.93. The first kappa shape index (κ1) is 14.0. The van der Waals surface area contributed by atoms with Crippen LogP contribution in [0.3, 0.4) is 0 Å². The smallest absolute Gasteiger partial charge is 0.235 e. The van der Waals surface area contributed by atoms with E-state index in [1.165, 1.54) is 0 Å². The second-order valence-electron chi connectivity index (χ2n) is 3.88. The monoisotopic (exact) mass is 306 g/mol. The van der Waals surface area contributed by atoms with Crippen LogP contribution in [0.1, 0.15) is 0 Å². The van der Waals surface area contributed by atoms with Crippen LogP contribution >= 0.6 is 0 Å². The van der Waals surface area contributed by atoms with E-state index < -0.39 is 45.3 Å². The molecule has 16 nitrogen and oxygen atoms in total. The highest BCUT2D eigenvalue weighted by atomic mass is 16.7. The van der Waals surface area contributed by atoms with Crippen LogP contribution in [-0.2, 0) is 0 Å². The molecule has 0 bridgehead atoms. The molecule has 2 heterocycles. The molecule has 0 N–H and O–H groups in total. The molecule has 0 saturated carbocycles. The molecule has 21 heavy (non-hydrogen) atoms. The van der Waals surface area contributed by atoms with E-state index in [4.69, 9.17) is 0 Å². The topological polar surface area (TPSA) is 186 Å². The van der Waals surface area contributed by atoms with Gasteiger partial charge in [-0.15, -0.1) is 0 Å². The summed E-state index contributed by atoms with van der Waals surface area (Å²) in [6.45, 7) is -1.78. The van der Waals surface area contributed by atoms with Gasteiger partial charge in [-0.05, 0) is 0 Å². The molecule has 0 aromatic carbocycles. The minimum Gasteiger partial charge on any atom is -0.235 e. The summed E-state index contributed by atoms with van der Waals surface area (Å²) in [5, 5.41) is 40.0. The van der Waals surface area contributed by atoms with Gasteiger partial charge >= 0.3 is 0 Å². The molecule has 114 valence electrons. The summed E-state index contributed by atoms with van der Waals surface area (Å²) >= 11 is 0. The summed E-state index contributed by atoms with van der Waals surface area (Å²) in [5.74, 6) is 0. The molecule has 1 saturated heterocycles. The first-order valence-electron chi connectivity index (χ1n) is 5.10. The fourth-order valence-electron chi connectivity index (χ4n) is 1.97. The summed E-state index contributed by atoms with van der Waals surface area (Å²) in [7, 11) is 0. The highest BCUT2D eigenvalue weighted by Crippen LogP contribution is 2.30. The summed E-state index contributed by atoms with van der Waals surface area (Å²) in [6.07, 6.45) is -1.05. The lowest BCUT2D eigenvalue weighted by Crippen LogP contribution is -2.56. The first-order valence-corrected chi connectivity index (χ1v) is 5.10. The molecular formula is C5H6N8O8. The van der Waals surface area contributed by atoms with Gasteiger partial charge in [0.15, 0.2) is 25.8 Å². The summed E-state index contributed by atoms with van der Waals surface area (Å²) in [4.78, 5) is 43.3. The van der Waals surface area contributed by atoms with Crippen molar-refractivity contribution in [3.8, 4) is 0 Å².